The average Bonchev–Trinajstić information content (AvgIpc) is 2.29. The maximum absolute atomic E-state index is 5.25. The monoisotopic (exact) mass is 205 g/mol. The first-order valence-corrected chi connectivity index (χ1v) is 5.69. The van der Waals surface area contributed by atoms with Crippen LogP contribution in [0.4, 0.5) is 0 Å². The summed E-state index contributed by atoms with van der Waals surface area (Å²) < 4.78 is 5.25. The van der Waals surface area contributed by atoms with Crippen LogP contribution in [0.15, 0.2) is 18.2 Å². The van der Waals surface area contributed by atoms with Crippen molar-refractivity contribution in [1.29, 1.82) is 0 Å². The first-order chi connectivity index (χ1) is 7.35. The van der Waals surface area contributed by atoms with Gasteiger partial charge in [-0.3, -0.25) is 0 Å². The van der Waals surface area contributed by atoms with Gasteiger partial charge >= 0.3 is 0 Å². The van der Waals surface area contributed by atoms with E-state index in [1.165, 1.54) is 16.7 Å². The number of ether oxygens (including phenoxy) is 1. The van der Waals surface area contributed by atoms with E-state index in [0.29, 0.717) is 6.04 Å². The molecule has 0 saturated carbocycles. The normalized spacial score (nSPS) is 20.0. The molecule has 1 aliphatic heterocycles. The van der Waals surface area contributed by atoms with Gasteiger partial charge in [0.1, 0.15) is 0 Å². The van der Waals surface area contributed by atoms with Crippen LogP contribution in [0.5, 0.6) is 0 Å². The lowest BCUT2D eigenvalue weighted by molar-refractivity contribution is 0.164. The molecule has 15 heavy (non-hydrogen) atoms. The Morgan fingerprint density at radius 1 is 1.47 bits per heavy atom. The fraction of sp³-hybridized carbons (Fsp3) is 0.538. The standard InChI is InChI=1S/C13H19NO/c1-3-10-4-5-11-6-7-14-13(9-15-2)12(11)8-10/h4-5,8,13-14H,3,6-7,9H2,1-2H3. The zero-order chi connectivity index (χ0) is 10.7. The molecule has 0 aromatic heterocycles. The third-order valence-corrected chi connectivity index (χ3v) is 3.11. The second-order valence-electron chi connectivity index (χ2n) is 4.10. The SMILES string of the molecule is CCc1ccc2c(c1)C(COC)NCC2. The Hall–Kier alpha value is -0.860. The molecule has 1 aliphatic rings. The molecule has 0 bridgehead atoms. The zero-order valence-corrected chi connectivity index (χ0v) is 9.55. The lowest BCUT2D eigenvalue weighted by Gasteiger charge is -2.27. The second-order valence-corrected chi connectivity index (χ2v) is 4.10. The van der Waals surface area contributed by atoms with E-state index >= 15 is 0 Å². The molecule has 2 heteroatoms. The highest BCUT2D eigenvalue weighted by atomic mass is 16.5. The van der Waals surface area contributed by atoms with Crippen molar-refractivity contribution in [2.24, 2.45) is 0 Å². The van der Waals surface area contributed by atoms with Gasteiger partial charge in [-0.15, -0.1) is 0 Å². The molecule has 1 atom stereocenters. The van der Waals surface area contributed by atoms with E-state index in [2.05, 4.69) is 30.4 Å². The highest BCUT2D eigenvalue weighted by Gasteiger charge is 2.19. The Morgan fingerprint density at radius 2 is 2.33 bits per heavy atom. The van der Waals surface area contributed by atoms with E-state index in [0.717, 1.165) is 26.0 Å². The van der Waals surface area contributed by atoms with Gasteiger partial charge in [0.25, 0.3) is 0 Å². The molecule has 0 radical (unpaired) electrons. The summed E-state index contributed by atoms with van der Waals surface area (Å²) in [6.07, 6.45) is 2.24. The van der Waals surface area contributed by atoms with Crippen LogP contribution in [0, 0.1) is 0 Å². The molecule has 2 nitrogen and oxygen atoms in total. The van der Waals surface area contributed by atoms with Gasteiger partial charge in [0.2, 0.25) is 0 Å². The van der Waals surface area contributed by atoms with Gasteiger partial charge in [-0.1, -0.05) is 25.1 Å². The zero-order valence-electron chi connectivity index (χ0n) is 9.55. The molecule has 82 valence electrons. The van der Waals surface area contributed by atoms with Crippen LogP contribution in [0.1, 0.15) is 29.7 Å². The molecule has 1 unspecified atom stereocenters. The molecule has 2 rings (SSSR count). The molecule has 1 aromatic carbocycles. The van der Waals surface area contributed by atoms with Crippen LogP contribution >= 0.6 is 0 Å². The molecule has 1 N–H and O–H groups in total. The van der Waals surface area contributed by atoms with Gasteiger partial charge < -0.3 is 10.1 Å². The third-order valence-electron chi connectivity index (χ3n) is 3.11. The summed E-state index contributed by atoms with van der Waals surface area (Å²) in [6.45, 7) is 4.02. The van der Waals surface area contributed by atoms with Crippen molar-refractivity contribution >= 4 is 0 Å². The number of hydrogen-bond donors (Lipinski definition) is 1. The van der Waals surface area contributed by atoms with Crippen molar-refractivity contribution in [3.63, 3.8) is 0 Å². The third kappa shape index (κ3) is 2.21. The number of benzene rings is 1. The molecule has 0 saturated heterocycles. The lowest BCUT2D eigenvalue weighted by atomic mass is 9.92. The summed E-state index contributed by atoms with van der Waals surface area (Å²) in [5.41, 5.74) is 4.33. The van der Waals surface area contributed by atoms with Gasteiger partial charge in [0.15, 0.2) is 0 Å². The first-order valence-electron chi connectivity index (χ1n) is 5.69. The van der Waals surface area contributed by atoms with Crippen LogP contribution in [-0.4, -0.2) is 20.3 Å². The van der Waals surface area contributed by atoms with Crippen LogP contribution in [0.2, 0.25) is 0 Å². The topological polar surface area (TPSA) is 21.3 Å². The van der Waals surface area contributed by atoms with Crippen molar-refractivity contribution < 1.29 is 4.74 Å². The van der Waals surface area contributed by atoms with Crippen LogP contribution in [-0.2, 0) is 17.6 Å². The van der Waals surface area contributed by atoms with Crippen LogP contribution < -0.4 is 5.32 Å². The van der Waals surface area contributed by atoms with Crippen molar-refractivity contribution in [2.45, 2.75) is 25.8 Å². The van der Waals surface area contributed by atoms with E-state index in [-0.39, 0.29) is 0 Å². The van der Waals surface area contributed by atoms with E-state index in [1.54, 1.807) is 7.11 Å². The minimum Gasteiger partial charge on any atom is -0.383 e. The summed E-state index contributed by atoms with van der Waals surface area (Å²) in [5.74, 6) is 0. The first kappa shape index (κ1) is 10.7. The molecule has 0 fully saturated rings. The van der Waals surface area contributed by atoms with E-state index in [4.69, 9.17) is 4.74 Å². The van der Waals surface area contributed by atoms with Gasteiger partial charge in [0, 0.05) is 7.11 Å². The maximum atomic E-state index is 5.25. The Kier molecular flexibility index (Phi) is 3.39. The summed E-state index contributed by atoms with van der Waals surface area (Å²) >= 11 is 0. The molecule has 0 spiro atoms. The van der Waals surface area contributed by atoms with E-state index in [1.807, 2.05) is 0 Å². The lowest BCUT2D eigenvalue weighted by Crippen LogP contribution is -2.32. The van der Waals surface area contributed by atoms with Gasteiger partial charge in [0.05, 0.1) is 12.6 Å². The quantitative estimate of drug-likeness (QED) is 0.815. The van der Waals surface area contributed by atoms with Crippen molar-refractivity contribution in [1.82, 2.24) is 5.32 Å². The number of fused-ring (bicyclic) bond motifs is 1. The average molecular weight is 205 g/mol. The van der Waals surface area contributed by atoms with E-state index < -0.39 is 0 Å². The Bertz CT molecular complexity index is 335. The molecule has 0 aliphatic carbocycles. The Morgan fingerprint density at radius 3 is 3.07 bits per heavy atom. The number of rotatable bonds is 3. The number of methoxy groups -OCH3 is 1. The summed E-state index contributed by atoms with van der Waals surface area (Å²) in [5, 5.41) is 3.50. The maximum Gasteiger partial charge on any atom is 0.0657 e. The highest BCUT2D eigenvalue weighted by molar-refractivity contribution is 5.36. The Balaban J connectivity index is 2.30. The fourth-order valence-corrected chi connectivity index (χ4v) is 2.22. The Labute approximate surface area is 91.6 Å². The minimum absolute atomic E-state index is 0.380. The number of nitrogens with one attached hydrogen (secondary N) is 1. The molecule has 1 aromatic rings. The predicted octanol–water partition coefficient (Wildman–Crippen LogP) is 2.08. The van der Waals surface area contributed by atoms with Crippen LogP contribution in [0.25, 0.3) is 0 Å². The van der Waals surface area contributed by atoms with Gasteiger partial charge in [-0.05, 0) is 36.1 Å². The van der Waals surface area contributed by atoms with Crippen molar-refractivity contribution in [3.05, 3.63) is 34.9 Å². The summed E-state index contributed by atoms with van der Waals surface area (Å²) in [4.78, 5) is 0. The second kappa shape index (κ2) is 4.77. The summed E-state index contributed by atoms with van der Waals surface area (Å²) in [6, 6.07) is 7.22. The molecule has 0 amide bonds. The fourth-order valence-electron chi connectivity index (χ4n) is 2.22. The number of aryl methyl sites for hydroxylation is 1. The van der Waals surface area contributed by atoms with Crippen molar-refractivity contribution in [2.75, 3.05) is 20.3 Å². The summed E-state index contributed by atoms with van der Waals surface area (Å²) in [7, 11) is 1.76. The van der Waals surface area contributed by atoms with E-state index in [9.17, 15) is 0 Å². The number of hydrogen-bond acceptors (Lipinski definition) is 2. The molecular weight excluding hydrogens is 186 g/mol. The minimum atomic E-state index is 0.380. The molecular formula is C13H19NO. The van der Waals surface area contributed by atoms with Gasteiger partial charge in [-0.25, -0.2) is 0 Å². The predicted molar refractivity (Wildman–Crippen MR) is 62.1 cm³/mol. The van der Waals surface area contributed by atoms with Crippen LogP contribution in [0.3, 0.4) is 0 Å². The molecule has 1 heterocycles. The highest BCUT2D eigenvalue weighted by Crippen LogP contribution is 2.24. The van der Waals surface area contributed by atoms with Crippen molar-refractivity contribution in [3.8, 4) is 0 Å². The largest absolute Gasteiger partial charge is 0.383 e. The van der Waals surface area contributed by atoms with Gasteiger partial charge in [-0.2, -0.15) is 0 Å². The smallest absolute Gasteiger partial charge is 0.0657 e.